The van der Waals surface area contributed by atoms with Gasteiger partial charge in [0.15, 0.2) is 9.84 Å². The number of nitrogens with zero attached hydrogens (tertiary/aromatic N) is 2. The van der Waals surface area contributed by atoms with Crippen LogP contribution in [0.4, 0.5) is 10.4 Å². The summed E-state index contributed by atoms with van der Waals surface area (Å²) in [6.45, 7) is 1.54. The molecule has 9 heteroatoms. The lowest BCUT2D eigenvalue weighted by molar-refractivity contribution is 0.102. The number of amides is 1. The predicted molar refractivity (Wildman–Crippen MR) is 91.8 cm³/mol. The maximum Gasteiger partial charge on any atom is 0.322 e. The van der Waals surface area contributed by atoms with E-state index in [0.717, 1.165) is 0 Å². The van der Waals surface area contributed by atoms with E-state index in [1.165, 1.54) is 42.5 Å². The molecule has 0 aliphatic carbocycles. The minimum Gasteiger partial charge on any atom is -0.403 e. The number of nitrogens with one attached hydrogen (secondary N) is 1. The highest BCUT2D eigenvalue weighted by molar-refractivity contribution is 7.91. The number of benzene rings is 2. The minimum absolute atomic E-state index is 0.0244. The third-order valence-electron chi connectivity index (χ3n) is 3.57. The molecule has 3 rings (SSSR count). The van der Waals surface area contributed by atoms with Gasteiger partial charge in [0.1, 0.15) is 5.82 Å². The highest BCUT2D eigenvalue weighted by atomic mass is 32.2. The van der Waals surface area contributed by atoms with Gasteiger partial charge in [-0.2, -0.15) is 0 Å². The van der Waals surface area contributed by atoms with E-state index in [1.807, 2.05) is 0 Å². The summed E-state index contributed by atoms with van der Waals surface area (Å²) in [5, 5.41) is 9.86. The van der Waals surface area contributed by atoms with Crippen LogP contribution in [0.25, 0.3) is 11.5 Å². The van der Waals surface area contributed by atoms with E-state index in [-0.39, 0.29) is 28.1 Å². The van der Waals surface area contributed by atoms with Crippen LogP contribution in [0.3, 0.4) is 0 Å². The first-order valence-corrected chi connectivity index (χ1v) is 9.28. The van der Waals surface area contributed by atoms with Crippen LogP contribution in [0.1, 0.15) is 17.3 Å². The molecule has 1 heterocycles. The molecule has 0 spiro atoms. The molecule has 0 atom stereocenters. The van der Waals surface area contributed by atoms with Gasteiger partial charge in [0.05, 0.1) is 10.6 Å². The van der Waals surface area contributed by atoms with Crippen LogP contribution in [-0.4, -0.2) is 30.3 Å². The van der Waals surface area contributed by atoms with Gasteiger partial charge in [-0.15, -0.1) is 5.10 Å². The molecule has 1 amide bonds. The summed E-state index contributed by atoms with van der Waals surface area (Å²) in [6.07, 6.45) is 0. The average Bonchev–Trinajstić information content (AvgIpc) is 3.10. The Balaban J connectivity index is 1.74. The highest BCUT2D eigenvalue weighted by Gasteiger charge is 2.15. The van der Waals surface area contributed by atoms with Crippen LogP contribution in [0.15, 0.2) is 57.8 Å². The second kappa shape index (κ2) is 7.04. The van der Waals surface area contributed by atoms with Crippen LogP contribution >= 0.6 is 0 Å². The summed E-state index contributed by atoms with van der Waals surface area (Å²) in [5.74, 6) is -0.957. The number of carbonyl (C=O) groups excluding carboxylic acids is 1. The molecule has 0 aliphatic heterocycles. The molecule has 26 heavy (non-hydrogen) atoms. The summed E-state index contributed by atoms with van der Waals surface area (Å²) in [6, 6.07) is 11.0. The summed E-state index contributed by atoms with van der Waals surface area (Å²) in [5.41, 5.74) is 0.609. The molecule has 2 aromatic carbocycles. The molecular weight excluding hydrogens is 361 g/mol. The van der Waals surface area contributed by atoms with E-state index in [0.29, 0.717) is 5.56 Å². The van der Waals surface area contributed by atoms with Crippen LogP contribution in [-0.2, 0) is 9.84 Å². The zero-order valence-electron chi connectivity index (χ0n) is 13.6. The minimum atomic E-state index is -3.33. The third-order valence-corrected chi connectivity index (χ3v) is 5.32. The zero-order chi connectivity index (χ0) is 18.7. The van der Waals surface area contributed by atoms with Crippen molar-refractivity contribution < 1.29 is 22.0 Å². The van der Waals surface area contributed by atoms with E-state index in [4.69, 9.17) is 4.42 Å². The number of hydrogen-bond donors (Lipinski definition) is 1. The Morgan fingerprint density at radius 1 is 1.15 bits per heavy atom. The van der Waals surface area contributed by atoms with Crippen molar-refractivity contribution in [1.29, 1.82) is 0 Å². The molecule has 1 N–H and O–H groups in total. The van der Waals surface area contributed by atoms with E-state index in [9.17, 15) is 17.6 Å². The molecule has 0 aliphatic rings. The van der Waals surface area contributed by atoms with E-state index < -0.39 is 21.6 Å². The van der Waals surface area contributed by atoms with Gasteiger partial charge in [-0.1, -0.05) is 18.1 Å². The molecule has 134 valence electrons. The Hall–Kier alpha value is -3.07. The van der Waals surface area contributed by atoms with Gasteiger partial charge in [-0.25, -0.2) is 12.8 Å². The van der Waals surface area contributed by atoms with E-state index in [1.54, 1.807) is 13.0 Å². The molecule has 0 saturated carbocycles. The Morgan fingerprint density at radius 3 is 2.54 bits per heavy atom. The predicted octanol–water partition coefficient (Wildman–Crippen LogP) is 2.92. The van der Waals surface area contributed by atoms with Crippen molar-refractivity contribution in [3.63, 3.8) is 0 Å². The summed E-state index contributed by atoms with van der Waals surface area (Å²) in [4.78, 5) is 12.3. The number of halogens is 1. The van der Waals surface area contributed by atoms with Crippen LogP contribution < -0.4 is 5.32 Å². The Labute approximate surface area is 148 Å². The number of sulfone groups is 1. The number of carbonyl (C=O) groups is 1. The molecule has 0 radical (unpaired) electrons. The highest BCUT2D eigenvalue weighted by Crippen LogP contribution is 2.21. The fraction of sp³-hybridized carbons (Fsp3) is 0.118. The van der Waals surface area contributed by atoms with Gasteiger partial charge < -0.3 is 4.42 Å². The first kappa shape index (κ1) is 17.7. The summed E-state index contributed by atoms with van der Waals surface area (Å²) in [7, 11) is -3.33. The van der Waals surface area contributed by atoms with Crippen molar-refractivity contribution >= 4 is 21.8 Å². The van der Waals surface area contributed by atoms with Crippen LogP contribution in [0.2, 0.25) is 0 Å². The number of aromatic nitrogens is 2. The zero-order valence-corrected chi connectivity index (χ0v) is 14.5. The number of hydrogen-bond acceptors (Lipinski definition) is 6. The van der Waals surface area contributed by atoms with Gasteiger partial charge in [0.2, 0.25) is 5.89 Å². The maximum absolute atomic E-state index is 13.2. The van der Waals surface area contributed by atoms with E-state index >= 15 is 0 Å². The van der Waals surface area contributed by atoms with Crippen molar-refractivity contribution in [3.05, 3.63) is 59.9 Å². The van der Waals surface area contributed by atoms with Gasteiger partial charge in [-0.3, -0.25) is 10.1 Å². The van der Waals surface area contributed by atoms with E-state index in [2.05, 4.69) is 15.5 Å². The lowest BCUT2D eigenvalue weighted by atomic mass is 10.2. The number of rotatable bonds is 5. The normalized spacial score (nSPS) is 11.3. The maximum atomic E-state index is 13.2. The number of anilines is 1. The molecule has 0 fully saturated rings. The van der Waals surface area contributed by atoms with Crippen molar-refractivity contribution in [2.75, 3.05) is 11.1 Å². The smallest absolute Gasteiger partial charge is 0.322 e. The quantitative estimate of drug-likeness (QED) is 0.736. The first-order chi connectivity index (χ1) is 12.4. The van der Waals surface area contributed by atoms with Crippen LogP contribution in [0.5, 0.6) is 0 Å². The molecular formula is C17H14FN3O4S. The molecule has 0 bridgehead atoms. The second-order valence-corrected chi connectivity index (χ2v) is 7.58. The lowest BCUT2D eigenvalue weighted by Gasteiger charge is -2.03. The van der Waals surface area contributed by atoms with Gasteiger partial charge in [0.25, 0.3) is 5.91 Å². The molecule has 0 saturated heterocycles. The average molecular weight is 375 g/mol. The summed E-state index contributed by atoms with van der Waals surface area (Å²) >= 11 is 0. The Bertz CT molecular complexity index is 1050. The molecule has 7 nitrogen and oxygen atoms in total. The SMILES string of the molecule is CCS(=O)(=O)c1ccc(C(=O)Nc2nnc(-c3cccc(F)c3)o2)cc1. The van der Waals surface area contributed by atoms with Crippen molar-refractivity contribution in [1.82, 2.24) is 10.2 Å². The van der Waals surface area contributed by atoms with Crippen molar-refractivity contribution in [2.45, 2.75) is 11.8 Å². The second-order valence-electron chi connectivity index (χ2n) is 5.30. The monoisotopic (exact) mass is 375 g/mol. The lowest BCUT2D eigenvalue weighted by Crippen LogP contribution is -2.12. The topological polar surface area (TPSA) is 102 Å². The van der Waals surface area contributed by atoms with Crippen LogP contribution in [0, 0.1) is 5.82 Å². The van der Waals surface area contributed by atoms with Gasteiger partial charge in [-0.05, 0) is 42.5 Å². The Morgan fingerprint density at radius 2 is 1.88 bits per heavy atom. The Kier molecular flexibility index (Phi) is 4.81. The fourth-order valence-electron chi connectivity index (χ4n) is 2.16. The molecule has 0 unspecified atom stereocenters. The standard InChI is InChI=1S/C17H14FN3O4S/c1-2-26(23,24)14-8-6-11(7-9-14)15(22)19-17-21-20-16(25-17)12-4-3-5-13(18)10-12/h3-10H,2H2,1H3,(H,19,21,22). The van der Waals surface area contributed by atoms with Gasteiger partial charge in [0, 0.05) is 11.1 Å². The molecule has 1 aromatic heterocycles. The third kappa shape index (κ3) is 3.77. The van der Waals surface area contributed by atoms with Crippen molar-refractivity contribution in [3.8, 4) is 11.5 Å². The van der Waals surface area contributed by atoms with Crippen molar-refractivity contribution in [2.24, 2.45) is 0 Å². The molecule has 3 aromatic rings. The largest absolute Gasteiger partial charge is 0.403 e. The summed E-state index contributed by atoms with van der Waals surface area (Å²) < 4.78 is 42.1. The first-order valence-electron chi connectivity index (χ1n) is 7.62. The van der Waals surface area contributed by atoms with Gasteiger partial charge >= 0.3 is 6.01 Å². The fourth-order valence-corrected chi connectivity index (χ4v) is 3.05.